The molecule has 2 rings (SSSR count). The maximum atomic E-state index is 3.46. The Morgan fingerprint density at radius 3 is 1.53 bits per heavy atom. The van der Waals surface area contributed by atoms with Crippen LogP contribution in [0.25, 0.3) is 0 Å². The van der Waals surface area contributed by atoms with Crippen molar-refractivity contribution in [3.8, 4) is 0 Å². The Morgan fingerprint density at radius 2 is 1.06 bits per heavy atom. The molecule has 4 nitrogen and oxygen atoms in total. The van der Waals surface area contributed by atoms with Crippen molar-refractivity contribution in [2.24, 2.45) is 0 Å². The molecule has 1 aromatic rings. The van der Waals surface area contributed by atoms with Gasteiger partial charge in [0.1, 0.15) is 0 Å². The second kappa shape index (κ2) is 7.79. The van der Waals surface area contributed by atoms with E-state index in [4.69, 9.17) is 0 Å². The van der Waals surface area contributed by atoms with Gasteiger partial charge in [-0.2, -0.15) is 0 Å². The standard InChI is InChI=1S/C12H22N4S/c1-2-12-10-16-8-6-14-4-3-13-5-7-15-9-11(1)17-12/h1-2,13-16H,3-10H2. The summed E-state index contributed by atoms with van der Waals surface area (Å²) in [6.45, 7) is 8.22. The molecule has 0 aromatic carbocycles. The van der Waals surface area contributed by atoms with E-state index in [-0.39, 0.29) is 0 Å². The molecular weight excluding hydrogens is 232 g/mol. The number of hydrogen-bond donors (Lipinski definition) is 4. The summed E-state index contributed by atoms with van der Waals surface area (Å²) in [6, 6.07) is 4.46. The molecule has 96 valence electrons. The van der Waals surface area contributed by atoms with Crippen LogP contribution in [0.15, 0.2) is 12.1 Å². The van der Waals surface area contributed by atoms with E-state index < -0.39 is 0 Å². The van der Waals surface area contributed by atoms with Gasteiger partial charge in [0.15, 0.2) is 0 Å². The van der Waals surface area contributed by atoms with Crippen LogP contribution in [-0.4, -0.2) is 39.3 Å². The summed E-state index contributed by atoms with van der Waals surface area (Å²) in [6.07, 6.45) is 0. The van der Waals surface area contributed by atoms with Crippen molar-refractivity contribution in [1.29, 1.82) is 0 Å². The highest BCUT2D eigenvalue weighted by Gasteiger charge is 2.00. The molecule has 0 spiro atoms. The Bertz CT molecular complexity index is 285. The number of nitrogens with one attached hydrogen (secondary N) is 4. The highest BCUT2D eigenvalue weighted by molar-refractivity contribution is 7.11. The Morgan fingerprint density at radius 1 is 0.647 bits per heavy atom. The molecule has 0 fully saturated rings. The number of fused-ring (bicyclic) bond motifs is 2. The minimum Gasteiger partial charge on any atom is -0.314 e. The molecule has 0 aliphatic carbocycles. The van der Waals surface area contributed by atoms with Gasteiger partial charge in [-0.3, -0.25) is 0 Å². The van der Waals surface area contributed by atoms with Crippen LogP contribution in [0, 0.1) is 0 Å². The van der Waals surface area contributed by atoms with Crippen LogP contribution in [-0.2, 0) is 13.1 Å². The second-order valence-electron chi connectivity index (χ2n) is 4.22. The number of thiophene rings is 1. The van der Waals surface area contributed by atoms with Crippen molar-refractivity contribution >= 4 is 11.3 Å². The summed E-state index contributed by atoms with van der Waals surface area (Å²) in [5.74, 6) is 0. The van der Waals surface area contributed by atoms with Gasteiger partial charge in [0.25, 0.3) is 0 Å². The zero-order valence-corrected chi connectivity index (χ0v) is 11.0. The zero-order valence-electron chi connectivity index (χ0n) is 10.2. The van der Waals surface area contributed by atoms with Crippen LogP contribution in [0.1, 0.15) is 9.75 Å². The predicted octanol–water partition coefficient (Wildman–Crippen LogP) is 0.120. The molecular formula is C12H22N4S. The SMILES string of the molecule is c1cc2sc1CNCCNCCNCCNC2. The van der Waals surface area contributed by atoms with Gasteiger partial charge < -0.3 is 21.3 Å². The van der Waals surface area contributed by atoms with Crippen LogP contribution in [0.4, 0.5) is 0 Å². The van der Waals surface area contributed by atoms with Gasteiger partial charge >= 0.3 is 0 Å². The first-order valence-corrected chi connectivity index (χ1v) is 7.17. The van der Waals surface area contributed by atoms with Crippen molar-refractivity contribution in [3.05, 3.63) is 21.9 Å². The summed E-state index contributed by atoms with van der Waals surface area (Å²) in [7, 11) is 0. The van der Waals surface area contributed by atoms with Crippen LogP contribution in [0.5, 0.6) is 0 Å². The molecule has 17 heavy (non-hydrogen) atoms. The van der Waals surface area contributed by atoms with Gasteiger partial charge in [0.05, 0.1) is 0 Å². The highest BCUT2D eigenvalue weighted by Crippen LogP contribution is 2.15. The average Bonchev–Trinajstić information content (AvgIpc) is 2.77. The van der Waals surface area contributed by atoms with E-state index in [1.165, 1.54) is 9.75 Å². The third-order valence-corrected chi connectivity index (χ3v) is 3.84. The summed E-state index contributed by atoms with van der Waals surface area (Å²) in [5.41, 5.74) is 0. The van der Waals surface area contributed by atoms with E-state index in [9.17, 15) is 0 Å². The van der Waals surface area contributed by atoms with Gasteiger partial charge in [0.2, 0.25) is 0 Å². The number of hydrogen-bond acceptors (Lipinski definition) is 5. The van der Waals surface area contributed by atoms with Crippen molar-refractivity contribution < 1.29 is 0 Å². The van der Waals surface area contributed by atoms with Gasteiger partial charge in [-0.15, -0.1) is 11.3 Å². The summed E-state index contributed by atoms with van der Waals surface area (Å²) in [4.78, 5) is 2.85. The highest BCUT2D eigenvalue weighted by atomic mass is 32.1. The molecule has 0 amide bonds. The average molecular weight is 254 g/mol. The molecule has 1 aromatic heterocycles. The zero-order chi connectivity index (χ0) is 11.8. The molecule has 2 bridgehead atoms. The van der Waals surface area contributed by atoms with Gasteiger partial charge in [-0.05, 0) is 12.1 Å². The molecule has 1 aliphatic heterocycles. The molecule has 4 N–H and O–H groups in total. The first-order valence-electron chi connectivity index (χ1n) is 6.35. The quantitative estimate of drug-likeness (QED) is 0.531. The first kappa shape index (κ1) is 13.0. The van der Waals surface area contributed by atoms with Gasteiger partial charge in [0, 0.05) is 62.1 Å². The first-order chi connectivity index (χ1) is 8.45. The third-order valence-electron chi connectivity index (χ3n) is 2.75. The van der Waals surface area contributed by atoms with Crippen molar-refractivity contribution in [1.82, 2.24) is 21.3 Å². The van der Waals surface area contributed by atoms with Crippen molar-refractivity contribution in [2.75, 3.05) is 39.3 Å². The van der Waals surface area contributed by atoms with E-state index in [1.54, 1.807) is 0 Å². The fourth-order valence-electron chi connectivity index (χ4n) is 1.82. The molecule has 0 saturated heterocycles. The largest absolute Gasteiger partial charge is 0.314 e. The lowest BCUT2D eigenvalue weighted by Crippen LogP contribution is -2.34. The Labute approximate surface area is 107 Å². The molecule has 2 heterocycles. The van der Waals surface area contributed by atoms with Crippen LogP contribution >= 0.6 is 11.3 Å². The summed E-state index contributed by atoms with van der Waals surface area (Å²) >= 11 is 1.90. The third kappa shape index (κ3) is 5.14. The van der Waals surface area contributed by atoms with E-state index >= 15 is 0 Å². The lowest BCUT2D eigenvalue weighted by molar-refractivity contribution is 0.567. The lowest BCUT2D eigenvalue weighted by atomic mass is 10.4. The Balaban J connectivity index is 1.80. The van der Waals surface area contributed by atoms with Crippen LogP contribution < -0.4 is 21.3 Å². The lowest BCUT2D eigenvalue weighted by Gasteiger charge is -2.07. The van der Waals surface area contributed by atoms with E-state index in [1.807, 2.05) is 11.3 Å². The van der Waals surface area contributed by atoms with Gasteiger partial charge in [-0.1, -0.05) is 0 Å². The van der Waals surface area contributed by atoms with E-state index in [2.05, 4.69) is 33.4 Å². The van der Waals surface area contributed by atoms with Gasteiger partial charge in [-0.25, -0.2) is 0 Å². The molecule has 5 heteroatoms. The summed E-state index contributed by atoms with van der Waals surface area (Å²) in [5, 5.41) is 13.7. The Kier molecular flexibility index (Phi) is 5.95. The smallest absolute Gasteiger partial charge is 0.0300 e. The van der Waals surface area contributed by atoms with Crippen molar-refractivity contribution in [3.63, 3.8) is 0 Å². The topological polar surface area (TPSA) is 48.1 Å². The number of rotatable bonds is 0. The second-order valence-corrected chi connectivity index (χ2v) is 5.47. The van der Waals surface area contributed by atoms with E-state index in [0.717, 1.165) is 52.4 Å². The molecule has 1 aliphatic rings. The van der Waals surface area contributed by atoms with E-state index in [0.29, 0.717) is 0 Å². The normalized spacial score (nSPS) is 20.5. The maximum Gasteiger partial charge on any atom is 0.0300 e. The summed E-state index contributed by atoms with van der Waals surface area (Å²) < 4.78 is 0. The molecule has 0 radical (unpaired) electrons. The molecule has 0 unspecified atom stereocenters. The fourth-order valence-corrected chi connectivity index (χ4v) is 2.77. The maximum absolute atomic E-state index is 3.46. The molecule has 0 atom stereocenters. The van der Waals surface area contributed by atoms with Crippen LogP contribution in [0.3, 0.4) is 0 Å². The predicted molar refractivity (Wildman–Crippen MR) is 73.5 cm³/mol. The Hall–Kier alpha value is -0.460. The monoisotopic (exact) mass is 254 g/mol. The minimum atomic E-state index is 0.991. The fraction of sp³-hybridized carbons (Fsp3) is 0.667. The van der Waals surface area contributed by atoms with Crippen LogP contribution in [0.2, 0.25) is 0 Å². The van der Waals surface area contributed by atoms with Crippen molar-refractivity contribution in [2.45, 2.75) is 13.1 Å². The minimum absolute atomic E-state index is 0.991. The molecule has 0 saturated carbocycles.